The van der Waals surface area contributed by atoms with Crippen LogP contribution in [0, 0.1) is 20.8 Å². The second-order valence-electron chi connectivity index (χ2n) is 14.4. The summed E-state index contributed by atoms with van der Waals surface area (Å²) in [7, 11) is 2.00. The van der Waals surface area contributed by atoms with E-state index in [9.17, 15) is 27.7 Å². The van der Waals surface area contributed by atoms with E-state index in [0.717, 1.165) is 0 Å². The molecule has 3 rings (SSSR count). The van der Waals surface area contributed by atoms with E-state index in [1.165, 1.54) is 12.1 Å². The Kier molecular flexibility index (Phi) is 24.4. The molecule has 0 unspecified atom stereocenters. The van der Waals surface area contributed by atoms with Crippen molar-refractivity contribution in [3.8, 4) is 11.5 Å². The summed E-state index contributed by atoms with van der Waals surface area (Å²) in [6.45, 7) is 8.30. The van der Waals surface area contributed by atoms with Crippen LogP contribution in [0.25, 0.3) is 5.57 Å². The molecule has 1 aliphatic rings. The molecule has 0 aromatic heterocycles. The number of nitrogens with zero attached hydrogens (tertiary/aromatic N) is 1. The van der Waals surface area contributed by atoms with Crippen molar-refractivity contribution in [2.45, 2.75) is 39.4 Å². The van der Waals surface area contributed by atoms with Crippen molar-refractivity contribution in [2.24, 2.45) is 4.99 Å². The van der Waals surface area contributed by atoms with Crippen molar-refractivity contribution < 1.29 is 79.8 Å². The van der Waals surface area contributed by atoms with Gasteiger partial charge in [-0.25, -0.2) is 9.59 Å². The fourth-order valence-corrected chi connectivity index (χ4v) is 6.60. The van der Waals surface area contributed by atoms with Crippen molar-refractivity contribution in [2.75, 3.05) is 120 Å². The number of aliphatic imine (C=N–C) groups is 1. The Labute approximate surface area is 375 Å². The van der Waals surface area contributed by atoms with Crippen molar-refractivity contribution in [1.29, 1.82) is 0 Å². The van der Waals surface area contributed by atoms with Gasteiger partial charge in [-0.05, 0) is 91.9 Å². The highest BCUT2D eigenvalue weighted by Crippen LogP contribution is 2.34. The van der Waals surface area contributed by atoms with E-state index in [1.54, 1.807) is 85.6 Å². The number of esters is 1. The lowest BCUT2D eigenvalue weighted by molar-refractivity contribution is -0.128. The molecule has 19 heteroatoms. The number of benzene rings is 2. The van der Waals surface area contributed by atoms with Gasteiger partial charge in [-0.1, -0.05) is 6.07 Å². The topological polar surface area (TPSA) is 223 Å². The highest BCUT2D eigenvalue weighted by atomic mass is 32.2. The molecule has 18 nitrogen and oxygen atoms in total. The average molecular weight is 922 g/mol. The number of aryl methyl sites for hydroxylation is 3. The molecule has 0 bridgehead atoms. The van der Waals surface area contributed by atoms with Crippen LogP contribution in [-0.2, 0) is 57.5 Å². The number of hydrogen-bond donors (Lipinski definition) is 2. The predicted octanol–water partition coefficient (Wildman–Crippen LogP) is 4.63. The van der Waals surface area contributed by atoms with Gasteiger partial charge in [0, 0.05) is 40.6 Å². The Balaban J connectivity index is 2.27. The quantitative estimate of drug-likeness (QED) is 0.0336. The zero-order valence-corrected chi connectivity index (χ0v) is 38.6. The Morgan fingerprint density at radius 2 is 1.20 bits per heavy atom. The first kappa shape index (κ1) is 53.8. The minimum absolute atomic E-state index is 0.0209. The Morgan fingerprint density at radius 3 is 1.69 bits per heavy atom. The number of carboxylic acids is 1. The minimum atomic E-state index is -4.27. The molecule has 0 saturated heterocycles. The van der Waals surface area contributed by atoms with E-state index in [0.29, 0.717) is 86.6 Å². The highest BCUT2D eigenvalue weighted by Gasteiger charge is 2.28. The zero-order chi connectivity index (χ0) is 46.9. The second kappa shape index (κ2) is 29.1. The number of methoxy groups -OCH3 is 4. The van der Waals surface area contributed by atoms with Gasteiger partial charge < -0.3 is 57.2 Å². The first-order valence-electron chi connectivity index (χ1n) is 20.6. The summed E-state index contributed by atoms with van der Waals surface area (Å²) >= 11 is 0. The monoisotopic (exact) mass is 921 g/mol. The fourth-order valence-electron chi connectivity index (χ4n) is 6.11. The van der Waals surface area contributed by atoms with E-state index in [-0.39, 0.29) is 67.6 Å². The third kappa shape index (κ3) is 19.3. The smallest absolute Gasteiger partial charge is 0.344 e. The minimum Gasteiger partial charge on any atom is -0.486 e. The zero-order valence-electron chi connectivity index (χ0n) is 37.8. The fraction of sp³-hybridized carbons (Fsp3) is 0.533. The van der Waals surface area contributed by atoms with E-state index in [1.807, 2.05) is 0 Å². The van der Waals surface area contributed by atoms with Gasteiger partial charge >= 0.3 is 11.9 Å². The summed E-state index contributed by atoms with van der Waals surface area (Å²) in [5.74, 6) is -1.68. The maximum absolute atomic E-state index is 14.9. The van der Waals surface area contributed by atoms with Crippen LogP contribution < -0.4 is 9.47 Å². The molecule has 2 aromatic rings. The van der Waals surface area contributed by atoms with Crippen molar-refractivity contribution in [3.63, 3.8) is 0 Å². The van der Waals surface area contributed by atoms with Crippen LogP contribution >= 0.6 is 0 Å². The molecule has 356 valence electrons. The van der Waals surface area contributed by atoms with Crippen LogP contribution in [-0.4, -0.2) is 168 Å². The summed E-state index contributed by atoms with van der Waals surface area (Å²) in [6.07, 6.45) is 3.66. The largest absolute Gasteiger partial charge is 0.486 e. The maximum Gasteiger partial charge on any atom is 0.344 e. The van der Waals surface area contributed by atoms with E-state index >= 15 is 0 Å². The summed E-state index contributed by atoms with van der Waals surface area (Å²) < 4.78 is 95.4. The van der Waals surface area contributed by atoms with Crippen LogP contribution in [0.5, 0.6) is 11.5 Å². The lowest BCUT2D eigenvalue weighted by Crippen LogP contribution is -2.30. The maximum atomic E-state index is 14.9. The number of carbonyl (C=O) groups is 2. The molecule has 1 aliphatic carbocycles. The second-order valence-corrected chi connectivity index (χ2v) is 16.0. The molecule has 0 radical (unpaired) electrons. The number of carboxylic acid groups (broad SMARTS) is 1. The van der Waals surface area contributed by atoms with Gasteiger partial charge in [-0.15, -0.1) is 0 Å². The SMILES string of the molecule is COCCOCC(COCCOC)OC1=C/C(=C(\C(=O)Oc2c(C)cc(C(=O)O)cc2C)c2cc(OC(COCCOC)COCCOC)ccc2C)C(=NCCCS(=O)(=O)O)C=C1. The van der Waals surface area contributed by atoms with E-state index < -0.39 is 40.0 Å². The first-order chi connectivity index (χ1) is 30.7. The van der Waals surface area contributed by atoms with Crippen molar-refractivity contribution in [1.82, 2.24) is 0 Å². The third-order valence-electron chi connectivity index (χ3n) is 9.21. The summed E-state index contributed by atoms with van der Waals surface area (Å²) in [5, 5.41) is 9.70. The molecular formula is C45H63NO17S. The van der Waals surface area contributed by atoms with Crippen LogP contribution in [0.2, 0.25) is 0 Å². The number of allylic oxidation sites excluding steroid dienone is 4. The molecule has 0 saturated carbocycles. The summed E-state index contributed by atoms with van der Waals surface area (Å²) in [6, 6.07) is 8.03. The molecule has 0 aliphatic heterocycles. The molecule has 0 atom stereocenters. The van der Waals surface area contributed by atoms with Crippen LogP contribution in [0.1, 0.15) is 39.0 Å². The van der Waals surface area contributed by atoms with Gasteiger partial charge in [0.2, 0.25) is 0 Å². The van der Waals surface area contributed by atoms with E-state index in [4.69, 9.17) is 52.1 Å². The van der Waals surface area contributed by atoms with E-state index in [2.05, 4.69) is 4.99 Å². The van der Waals surface area contributed by atoms with Crippen molar-refractivity contribution >= 4 is 33.3 Å². The lowest BCUT2D eigenvalue weighted by Gasteiger charge is -2.24. The molecule has 0 spiro atoms. The molecule has 0 fully saturated rings. The molecule has 2 aromatic carbocycles. The van der Waals surface area contributed by atoms with Gasteiger partial charge in [0.05, 0.1) is 102 Å². The normalized spacial score (nSPS) is 14.3. The predicted molar refractivity (Wildman–Crippen MR) is 237 cm³/mol. The highest BCUT2D eigenvalue weighted by molar-refractivity contribution is 7.85. The Bertz CT molecular complexity index is 1980. The average Bonchev–Trinajstić information content (AvgIpc) is 3.25. The lowest BCUT2D eigenvalue weighted by atomic mass is 9.90. The van der Waals surface area contributed by atoms with Crippen LogP contribution in [0.4, 0.5) is 0 Å². The van der Waals surface area contributed by atoms with Gasteiger partial charge in [-0.3, -0.25) is 9.55 Å². The van der Waals surface area contributed by atoms with Gasteiger partial charge in [0.1, 0.15) is 29.5 Å². The van der Waals surface area contributed by atoms with Crippen LogP contribution in [0.3, 0.4) is 0 Å². The molecule has 0 amide bonds. The Hall–Kier alpha value is -4.54. The Morgan fingerprint density at radius 1 is 0.688 bits per heavy atom. The molecule has 0 heterocycles. The number of ether oxygens (including phenoxy) is 11. The van der Waals surface area contributed by atoms with Gasteiger partial charge in [-0.2, -0.15) is 8.42 Å². The first-order valence-corrected chi connectivity index (χ1v) is 22.2. The van der Waals surface area contributed by atoms with Gasteiger partial charge in [0.25, 0.3) is 10.1 Å². The molecular weight excluding hydrogens is 859 g/mol. The van der Waals surface area contributed by atoms with Crippen LogP contribution in [0.15, 0.2) is 64.9 Å². The summed E-state index contributed by atoms with van der Waals surface area (Å²) in [4.78, 5) is 31.5. The molecule has 2 N–H and O–H groups in total. The third-order valence-corrected chi connectivity index (χ3v) is 10.0. The summed E-state index contributed by atoms with van der Waals surface area (Å²) in [5.41, 5.74) is 2.39. The molecule has 64 heavy (non-hydrogen) atoms. The number of hydrogen-bond acceptors (Lipinski definition) is 16. The number of aromatic carboxylic acids is 1. The van der Waals surface area contributed by atoms with Crippen molar-refractivity contribution in [3.05, 3.63) is 87.7 Å². The van der Waals surface area contributed by atoms with Gasteiger partial charge in [0.15, 0.2) is 0 Å². The number of rotatable bonds is 32. The number of carbonyl (C=O) groups excluding carboxylic acids is 1. The standard InChI is InChI=1S/C45H63NO17S/c1-31-9-10-35(61-37(27-57-18-14-53-4)28-58-19-15-54-5)25-39(31)42(45(49)63-43-32(2)23-34(44(47)48)24-33(43)3)40-26-36(11-12-41(40)46-13-8-22-64(50,51)52)62-38(29-59-20-16-55-6)30-60-21-17-56-7/h9-12,23-26,37-38H,8,13-22,27-30H2,1-7H3,(H,47,48)(H,50,51,52)/b42-40+,46-41?.